The minimum Gasteiger partial charge on any atom is -0.384 e. The fourth-order valence-electron chi connectivity index (χ4n) is 3.64. The first-order valence-electron chi connectivity index (χ1n) is 12.6. The van der Waals surface area contributed by atoms with Gasteiger partial charge in [-0.2, -0.15) is 0 Å². The van der Waals surface area contributed by atoms with Crippen molar-refractivity contribution in [2.24, 2.45) is 28.1 Å². The Morgan fingerprint density at radius 2 is 1.45 bits per heavy atom. The molecule has 0 bridgehead atoms. The Balaban J connectivity index is 2.20. The van der Waals surface area contributed by atoms with Crippen molar-refractivity contribution in [1.82, 2.24) is 21.3 Å². The van der Waals surface area contributed by atoms with Crippen LogP contribution < -0.4 is 38.5 Å². The monoisotopic (exact) mass is 551 g/mol. The number of nitrogen functional groups attached to an aromatic ring is 1. The highest BCUT2D eigenvalue weighted by atomic mass is 16.2. The summed E-state index contributed by atoms with van der Waals surface area (Å²) >= 11 is 0. The third kappa shape index (κ3) is 10.4. The number of nitrogens with one attached hydrogen (secondary N) is 5. The van der Waals surface area contributed by atoms with Gasteiger partial charge in [0, 0.05) is 25.5 Å². The number of benzene rings is 2. The summed E-state index contributed by atoms with van der Waals surface area (Å²) in [5.74, 6) is -2.35. The van der Waals surface area contributed by atoms with E-state index in [9.17, 15) is 19.2 Å². The highest BCUT2D eigenvalue weighted by Gasteiger charge is 2.29. The Morgan fingerprint density at radius 1 is 0.850 bits per heavy atom. The van der Waals surface area contributed by atoms with Gasteiger partial charge < -0.3 is 38.5 Å². The van der Waals surface area contributed by atoms with Crippen molar-refractivity contribution in [3.8, 4) is 0 Å². The van der Waals surface area contributed by atoms with Gasteiger partial charge in [0.05, 0.1) is 12.2 Å². The fourth-order valence-corrected chi connectivity index (χ4v) is 3.64. The van der Waals surface area contributed by atoms with Crippen LogP contribution in [0, 0.1) is 11.3 Å². The molecule has 0 saturated carbocycles. The van der Waals surface area contributed by atoms with E-state index in [1.807, 2.05) is 0 Å². The van der Waals surface area contributed by atoms with Crippen LogP contribution in [0.3, 0.4) is 0 Å². The number of guanidine groups is 1. The van der Waals surface area contributed by atoms with Gasteiger partial charge in [0.1, 0.15) is 17.9 Å². The molecule has 214 valence electrons. The SMILES string of the molecule is CC(=O)NCC(=O)NC(C(=O)NC(Cc1ccc(N=C(N)N)cc1)C(=O)NCc1ccc(C(=N)N)cc1)C(C)C. The normalized spacial score (nSPS) is 12.0. The average molecular weight is 552 g/mol. The Hall–Kier alpha value is -4.94. The number of nitrogens with two attached hydrogens (primary N) is 3. The van der Waals surface area contributed by atoms with Gasteiger partial charge in [-0.3, -0.25) is 24.6 Å². The number of rotatable bonds is 13. The predicted molar refractivity (Wildman–Crippen MR) is 152 cm³/mol. The molecule has 2 aromatic rings. The first-order valence-corrected chi connectivity index (χ1v) is 12.6. The lowest BCUT2D eigenvalue weighted by Gasteiger charge is -2.25. The standard InChI is InChI=1S/C27H37N9O4/c1-15(2)23(36-22(38)14-32-16(3)37)26(40)35-21(12-17-6-10-20(11-7-17)34-27(30)31)25(39)33-13-18-4-8-19(9-5-18)24(28)29/h4-11,15,21,23H,12-14H2,1-3H3,(H3,28,29)(H,32,37)(H,33,39)(H,35,40)(H,36,38)(H4,30,31,34). The number of hydrogen-bond donors (Lipinski definition) is 8. The zero-order valence-corrected chi connectivity index (χ0v) is 22.8. The van der Waals surface area contributed by atoms with Crippen molar-refractivity contribution < 1.29 is 19.2 Å². The molecule has 0 fully saturated rings. The molecular formula is C27H37N9O4. The maximum atomic E-state index is 13.3. The number of carbonyl (C=O) groups is 4. The molecule has 13 heteroatoms. The van der Waals surface area contributed by atoms with Gasteiger partial charge >= 0.3 is 0 Å². The van der Waals surface area contributed by atoms with Crippen LogP contribution >= 0.6 is 0 Å². The number of carbonyl (C=O) groups excluding carboxylic acids is 4. The molecule has 4 amide bonds. The Labute approximate surface area is 232 Å². The van der Waals surface area contributed by atoms with Gasteiger partial charge in [0.2, 0.25) is 23.6 Å². The zero-order chi connectivity index (χ0) is 29.8. The van der Waals surface area contributed by atoms with Crippen LogP contribution in [0.25, 0.3) is 0 Å². The summed E-state index contributed by atoms with van der Waals surface area (Å²) in [6, 6.07) is 11.8. The number of hydrogen-bond acceptors (Lipinski definition) is 6. The first kappa shape index (κ1) is 31.3. The number of aliphatic imine (C=N–C) groups is 1. The summed E-state index contributed by atoms with van der Waals surface area (Å²) in [4.78, 5) is 53.9. The molecule has 0 radical (unpaired) electrons. The number of amidine groups is 1. The smallest absolute Gasteiger partial charge is 0.243 e. The molecule has 11 N–H and O–H groups in total. The molecule has 13 nitrogen and oxygen atoms in total. The second-order valence-corrected chi connectivity index (χ2v) is 9.50. The van der Waals surface area contributed by atoms with Crippen molar-refractivity contribution >= 4 is 41.1 Å². The Morgan fingerprint density at radius 3 is 1.98 bits per heavy atom. The molecule has 0 aliphatic heterocycles. The predicted octanol–water partition coefficient (Wildman–Crippen LogP) is -0.504. The van der Waals surface area contributed by atoms with E-state index in [4.69, 9.17) is 22.6 Å². The molecule has 2 atom stereocenters. The largest absolute Gasteiger partial charge is 0.384 e. The molecular weight excluding hydrogens is 514 g/mol. The summed E-state index contributed by atoms with van der Waals surface area (Å²) in [5.41, 5.74) is 18.9. The quantitative estimate of drug-likeness (QED) is 0.120. The van der Waals surface area contributed by atoms with Crippen LogP contribution in [0.2, 0.25) is 0 Å². The fraction of sp³-hybridized carbons (Fsp3) is 0.333. The lowest BCUT2D eigenvalue weighted by Crippen LogP contribution is -2.56. The van der Waals surface area contributed by atoms with E-state index >= 15 is 0 Å². The van der Waals surface area contributed by atoms with Gasteiger partial charge in [-0.05, 0) is 29.2 Å². The van der Waals surface area contributed by atoms with Gasteiger partial charge in [-0.15, -0.1) is 0 Å². The van der Waals surface area contributed by atoms with Crippen LogP contribution in [0.1, 0.15) is 37.5 Å². The molecule has 2 rings (SSSR count). The highest BCUT2D eigenvalue weighted by Crippen LogP contribution is 2.15. The molecule has 0 aliphatic carbocycles. The third-order valence-corrected chi connectivity index (χ3v) is 5.76. The van der Waals surface area contributed by atoms with Crippen molar-refractivity contribution in [3.05, 3.63) is 65.2 Å². The lowest BCUT2D eigenvalue weighted by molar-refractivity contribution is -0.133. The summed E-state index contributed by atoms with van der Waals surface area (Å²) in [6.07, 6.45) is 0.146. The van der Waals surface area contributed by atoms with Crippen molar-refractivity contribution in [1.29, 1.82) is 5.41 Å². The summed E-state index contributed by atoms with van der Waals surface area (Å²) in [5, 5.41) is 18.1. The summed E-state index contributed by atoms with van der Waals surface area (Å²) in [7, 11) is 0. The average Bonchev–Trinajstić information content (AvgIpc) is 2.89. The molecule has 0 heterocycles. The van der Waals surface area contributed by atoms with E-state index in [-0.39, 0.29) is 43.1 Å². The zero-order valence-electron chi connectivity index (χ0n) is 22.8. The van der Waals surface area contributed by atoms with Crippen molar-refractivity contribution in [2.75, 3.05) is 6.54 Å². The van der Waals surface area contributed by atoms with Gasteiger partial charge in [-0.25, -0.2) is 4.99 Å². The van der Waals surface area contributed by atoms with E-state index in [2.05, 4.69) is 26.3 Å². The minimum atomic E-state index is -0.980. The maximum Gasteiger partial charge on any atom is 0.243 e. The molecule has 2 unspecified atom stereocenters. The molecule has 40 heavy (non-hydrogen) atoms. The van der Waals surface area contributed by atoms with Gasteiger partial charge in [-0.1, -0.05) is 50.2 Å². The minimum absolute atomic E-state index is 0.0620. The second kappa shape index (κ2) is 14.9. The van der Waals surface area contributed by atoms with E-state index in [0.717, 1.165) is 11.1 Å². The van der Waals surface area contributed by atoms with E-state index in [1.165, 1.54) is 6.92 Å². The van der Waals surface area contributed by atoms with Crippen molar-refractivity contribution in [3.63, 3.8) is 0 Å². The van der Waals surface area contributed by atoms with E-state index in [0.29, 0.717) is 11.3 Å². The highest BCUT2D eigenvalue weighted by molar-refractivity contribution is 5.95. The molecule has 0 aliphatic rings. The van der Waals surface area contributed by atoms with Crippen molar-refractivity contribution in [2.45, 2.75) is 45.8 Å². The second-order valence-electron chi connectivity index (χ2n) is 9.50. The van der Waals surface area contributed by atoms with Crippen LogP contribution in [0.15, 0.2) is 53.5 Å². The van der Waals surface area contributed by atoms with Gasteiger partial charge in [0.25, 0.3) is 0 Å². The first-order chi connectivity index (χ1) is 18.8. The summed E-state index contributed by atoms with van der Waals surface area (Å²) < 4.78 is 0. The van der Waals surface area contributed by atoms with E-state index < -0.39 is 29.8 Å². The lowest BCUT2D eigenvalue weighted by atomic mass is 10.0. The summed E-state index contributed by atoms with van der Waals surface area (Å²) in [6.45, 7) is 4.69. The Kier molecular flexibility index (Phi) is 11.6. The number of nitrogens with zero attached hydrogens (tertiary/aromatic N) is 1. The molecule has 0 saturated heterocycles. The van der Waals surface area contributed by atoms with E-state index in [1.54, 1.807) is 62.4 Å². The van der Waals surface area contributed by atoms with Gasteiger partial charge in [0.15, 0.2) is 5.96 Å². The van der Waals surface area contributed by atoms with Crippen LogP contribution in [0.4, 0.5) is 5.69 Å². The Bertz CT molecular complexity index is 1240. The maximum absolute atomic E-state index is 13.3. The van der Waals surface area contributed by atoms with Crippen LogP contribution in [-0.4, -0.2) is 54.1 Å². The molecule has 0 spiro atoms. The molecule has 2 aromatic carbocycles. The third-order valence-electron chi connectivity index (χ3n) is 5.76. The topological polar surface area (TPSA) is 231 Å². The van der Waals surface area contributed by atoms with Crippen LogP contribution in [-0.2, 0) is 32.1 Å². The van der Waals surface area contributed by atoms with Crippen LogP contribution in [0.5, 0.6) is 0 Å². The molecule has 0 aromatic heterocycles. The number of amides is 4.